The van der Waals surface area contributed by atoms with E-state index in [1.165, 1.54) is 0 Å². The minimum atomic E-state index is -1.91. The van der Waals surface area contributed by atoms with Crippen molar-refractivity contribution in [3.63, 3.8) is 0 Å². The van der Waals surface area contributed by atoms with E-state index in [2.05, 4.69) is 5.32 Å². The molecule has 3 heterocycles. The van der Waals surface area contributed by atoms with Crippen LogP contribution in [0.2, 0.25) is 0 Å². The minimum absolute atomic E-state index is 0.0883. The zero-order chi connectivity index (χ0) is 23.3. The monoisotopic (exact) mass is 463 g/mol. The first-order valence-corrected chi connectivity index (χ1v) is 11.2. The molecule has 2 aliphatic carbocycles. The summed E-state index contributed by atoms with van der Waals surface area (Å²) in [6, 6.07) is 3.29. The highest BCUT2D eigenvalue weighted by molar-refractivity contribution is 5.90. The highest BCUT2D eigenvalue weighted by atomic mass is 16.7. The van der Waals surface area contributed by atoms with E-state index in [4.69, 9.17) is 14.2 Å². The number of piperidine rings is 1. The van der Waals surface area contributed by atoms with Crippen LogP contribution < -0.4 is 19.9 Å². The SMILES string of the molecule is O=C([O-])[C@H]1O[C@@H](Oc2ccc3c4c2O[C@H]2C(=O)CC[C@@]5(O)[C@@H](C3)[NH2+]CC[C@]425)[C@H](O)[C@@H](O)[C@@H]1O. The fourth-order valence-electron chi connectivity index (χ4n) is 6.73. The highest BCUT2D eigenvalue weighted by Gasteiger charge is 2.73. The molecule has 2 bridgehead atoms. The van der Waals surface area contributed by atoms with Gasteiger partial charge in [-0.25, -0.2) is 0 Å². The molecule has 2 saturated heterocycles. The molecule has 0 radical (unpaired) electrons. The number of ketones is 1. The average molecular weight is 463 g/mol. The zero-order valence-corrected chi connectivity index (χ0v) is 17.5. The van der Waals surface area contributed by atoms with Gasteiger partial charge in [0.25, 0.3) is 0 Å². The van der Waals surface area contributed by atoms with Crippen molar-refractivity contribution in [1.82, 2.24) is 0 Å². The number of hydrogen-bond donors (Lipinski definition) is 5. The Kier molecular flexibility index (Phi) is 4.43. The third-order valence-corrected chi connectivity index (χ3v) is 8.24. The molecule has 5 aliphatic rings. The van der Waals surface area contributed by atoms with Gasteiger partial charge in [0.05, 0.1) is 17.9 Å². The maximum atomic E-state index is 12.9. The molecule has 6 rings (SSSR count). The van der Waals surface area contributed by atoms with Crippen LogP contribution in [0.1, 0.15) is 30.4 Å². The van der Waals surface area contributed by atoms with Crippen molar-refractivity contribution in [3.8, 4) is 11.5 Å². The quantitative estimate of drug-likeness (QED) is 0.293. The number of carboxylic acid groups (broad SMARTS) is 1. The Hall–Kier alpha value is -2.28. The largest absolute Gasteiger partial charge is 0.547 e. The number of hydrogen-bond acceptors (Lipinski definition) is 10. The second-order valence-electron chi connectivity index (χ2n) is 9.71. The number of quaternary nitrogens is 1. The number of ether oxygens (including phenoxy) is 3. The van der Waals surface area contributed by atoms with E-state index in [9.17, 15) is 35.1 Å². The van der Waals surface area contributed by atoms with E-state index in [1.54, 1.807) is 6.07 Å². The molecule has 1 aromatic rings. The molecule has 9 atom stereocenters. The zero-order valence-electron chi connectivity index (χ0n) is 17.5. The first-order chi connectivity index (χ1) is 15.7. The van der Waals surface area contributed by atoms with Crippen molar-refractivity contribution < 1.29 is 54.6 Å². The van der Waals surface area contributed by atoms with Gasteiger partial charge in [-0.15, -0.1) is 0 Å². The molecule has 11 heteroatoms. The number of aliphatic carboxylic acids is 1. The standard InChI is InChI=1S/C22H25NO10/c24-9-3-4-22(30)11-7-8-1-2-10(16-12(8)21(22,5-6-23-11)18(9)32-16)31-20-15(27)13(25)14(26)17(33-20)19(28)29/h1-2,11,13-15,17-18,20,23,25-27,30H,3-7H2,(H,28,29)/t11-,13+,14+,15-,17+,18+,20-,21+,22-/m1/s1. The summed E-state index contributed by atoms with van der Waals surface area (Å²) >= 11 is 0. The topological polar surface area (TPSA) is 182 Å². The van der Waals surface area contributed by atoms with Crippen LogP contribution in [0.5, 0.6) is 11.5 Å². The number of rotatable bonds is 3. The van der Waals surface area contributed by atoms with E-state index < -0.39 is 53.8 Å². The number of aliphatic hydroxyl groups is 4. The maximum Gasteiger partial charge on any atom is 0.229 e. The summed E-state index contributed by atoms with van der Waals surface area (Å²) in [5.41, 5.74) is -0.373. The highest BCUT2D eigenvalue weighted by Crippen LogP contribution is 2.62. The number of carbonyl (C=O) groups excluding carboxylic acids is 2. The number of nitrogens with two attached hydrogens (primary N) is 1. The average Bonchev–Trinajstić information content (AvgIpc) is 3.12. The molecular weight excluding hydrogens is 438 g/mol. The molecule has 1 aromatic carbocycles. The van der Waals surface area contributed by atoms with Crippen molar-refractivity contribution in [3.05, 3.63) is 23.3 Å². The number of carbonyl (C=O) groups is 2. The number of aliphatic hydroxyl groups excluding tert-OH is 3. The van der Waals surface area contributed by atoms with Gasteiger partial charge in [-0.3, -0.25) is 4.79 Å². The Morgan fingerprint density at radius 2 is 1.97 bits per heavy atom. The lowest BCUT2D eigenvalue weighted by atomic mass is 9.49. The van der Waals surface area contributed by atoms with Gasteiger partial charge in [0, 0.05) is 24.8 Å². The predicted molar refractivity (Wildman–Crippen MR) is 103 cm³/mol. The fraction of sp³-hybridized carbons (Fsp3) is 0.636. The summed E-state index contributed by atoms with van der Waals surface area (Å²) in [6.45, 7) is 0.728. The van der Waals surface area contributed by atoms with E-state index >= 15 is 0 Å². The van der Waals surface area contributed by atoms with Crippen molar-refractivity contribution >= 4 is 11.8 Å². The van der Waals surface area contributed by atoms with Crippen LogP contribution in [-0.2, 0) is 26.2 Å². The smallest absolute Gasteiger partial charge is 0.229 e. The van der Waals surface area contributed by atoms with Crippen LogP contribution in [0, 0.1) is 0 Å². The molecule has 1 spiro atoms. The van der Waals surface area contributed by atoms with Crippen molar-refractivity contribution in [2.45, 2.75) is 79.6 Å². The molecule has 0 amide bonds. The van der Waals surface area contributed by atoms with Gasteiger partial charge in [0.15, 0.2) is 23.4 Å². The molecule has 11 nitrogen and oxygen atoms in total. The summed E-state index contributed by atoms with van der Waals surface area (Å²) in [7, 11) is 0. The fourth-order valence-corrected chi connectivity index (χ4v) is 6.73. The van der Waals surface area contributed by atoms with Gasteiger partial charge < -0.3 is 49.9 Å². The summed E-state index contributed by atoms with van der Waals surface area (Å²) in [6.07, 6.45) is -8.25. The van der Waals surface area contributed by atoms with Crippen LogP contribution in [0.15, 0.2) is 12.1 Å². The van der Waals surface area contributed by atoms with Gasteiger partial charge >= 0.3 is 0 Å². The van der Waals surface area contributed by atoms with Gasteiger partial charge in [0.1, 0.15) is 36.1 Å². The molecule has 6 N–H and O–H groups in total. The Morgan fingerprint density at radius 3 is 2.73 bits per heavy atom. The molecule has 1 saturated carbocycles. The van der Waals surface area contributed by atoms with Crippen molar-refractivity contribution in [1.29, 1.82) is 0 Å². The lowest BCUT2D eigenvalue weighted by Crippen LogP contribution is -3.01. The second kappa shape index (κ2) is 6.87. The van der Waals surface area contributed by atoms with E-state index in [1.807, 2.05) is 6.07 Å². The summed E-state index contributed by atoms with van der Waals surface area (Å²) in [5.74, 6) is -1.52. The van der Waals surface area contributed by atoms with Crippen molar-refractivity contribution in [2.24, 2.45) is 0 Å². The Morgan fingerprint density at radius 1 is 1.18 bits per heavy atom. The first-order valence-electron chi connectivity index (χ1n) is 11.2. The first kappa shape index (κ1) is 21.3. The number of carboxylic acids is 1. The molecule has 0 unspecified atom stereocenters. The Bertz CT molecular complexity index is 1050. The molecular formula is C22H25NO10. The van der Waals surface area contributed by atoms with Crippen LogP contribution in [0.25, 0.3) is 0 Å². The third kappa shape index (κ3) is 2.55. The number of Topliss-reactive ketones (excluding diaryl/α,β-unsaturated/α-hetero) is 1. The minimum Gasteiger partial charge on any atom is -0.547 e. The number of benzene rings is 1. The van der Waals surface area contributed by atoms with Crippen molar-refractivity contribution in [2.75, 3.05) is 6.54 Å². The normalized spacial score (nSPS) is 45.2. The van der Waals surface area contributed by atoms with Crippen LogP contribution >= 0.6 is 0 Å². The Labute approximate surface area is 187 Å². The summed E-state index contributed by atoms with van der Waals surface area (Å²) in [4.78, 5) is 24.2. The lowest BCUT2D eigenvalue weighted by Gasteiger charge is -2.57. The van der Waals surface area contributed by atoms with Crippen LogP contribution in [0.4, 0.5) is 0 Å². The van der Waals surface area contributed by atoms with E-state index in [0.29, 0.717) is 24.8 Å². The molecule has 3 aliphatic heterocycles. The maximum absolute atomic E-state index is 12.9. The molecule has 0 aromatic heterocycles. The van der Waals surface area contributed by atoms with Crippen LogP contribution in [-0.4, -0.2) is 87.2 Å². The van der Waals surface area contributed by atoms with Gasteiger partial charge in [-0.2, -0.15) is 0 Å². The molecule has 3 fully saturated rings. The van der Waals surface area contributed by atoms with E-state index in [-0.39, 0.29) is 29.7 Å². The lowest BCUT2D eigenvalue weighted by molar-refractivity contribution is -0.720. The van der Waals surface area contributed by atoms with E-state index in [0.717, 1.165) is 12.1 Å². The van der Waals surface area contributed by atoms with Gasteiger partial charge in [-0.05, 0) is 18.1 Å². The van der Waals surface area contributed by atoms with Gasteiger partial charge in [-0.1, -0.05) is 6.07 Å². The summed E-state index contributed by atoms with van der Waals surface area (Å²) < 4.78 is 17.1. The Balaban J connectivity index is 1.43. The van der Waals surface area contributed by atoms with Crippen LogP contribution in [0.3, 0.4) is 0 Å². The third-order valence-electron chi connectivity index (χ3n) is 8.24. The predicted octanol–water partition coefficient (Wildman–Crippen LogP) is -4.39. The second-order valence-corrected chi connectivity index (χ2v) is 9.71. The molecule has 178 valence electrons. The molecule has 33 heavy (non-hydrogen) atoms. The van der Waals surface area contributed by atoms with Gasteiger partial charge in [0.2, 0.25) is 6.29 Å². The summed E-state index contributed by atoms with van der Waals surface area (Å²) in [5, 5.41) is 55.6.